The number of hydrogen-bond donors (Lipinski definition) is 0. The molecule has 6 heavy (non-hydrogen) atoms. The van der Waals surface area contributed by atoms with E-state index >= 15 is 0 Å². The summed E-state index contributed by atoms with van der Waals surface area (Å²) in [5.74, 6) is 0. The molecule has 0 saturated carbocycles. The van der Waals surface area contributed by atoms with Crippen LogP contribution in [0.3, 0.4) is 0 Å². The molecule has 0 aliphatic rings. The van der Waals surface area contributed by atoms with Crippen molar-refractivity contribution in [3.05, 3.63) is 6.92 Å². The third-order valence-corrected chi connectivity index (χ3v) is 0.348. The molecule has 1 nitrogen and oxygen atoms in total. The molecule has 0 unspecified atom stereocenters. The molecule has 0 heterocycles. The van der Waals surface area contributed by atoms with Crippen molar-refractivity contribution >= 4 is 0 Å². The Morgan fingerprint density at radius 2 is 2.17 bits per heavy atom. The predicted molar refractivity (Wildman–Crippen MR) is 21.8 cm³/mol. The molecule has 0 aromatic carbocycles. The fourth-order valence-corrected chi connectivity index (χ4v) is 0.144. The van der Waals surface area contributed by atoms with E-state index in [0.717, 1.165) is 13.0 Å². The van der Waals surface area contributed by atoms with Gasteiger partial charge in [-0.25, -0.2) is 0 Å². The molecule has 0 fully saturated rings. The molecule has 0 aromatic rings. The van der Waals surface area contributed by atoms with Crippen LogP contribution in [0.2, 0.25) is 0 Å². The molecule has 0 rings (SSSR count). The second-order valence-corrected chi connectivity index (χ2v) is 0.846. The molecule has 0 aliphatic heterocycles. The van der Waals surface area contributed by atoms with Crippen molar-refractivity contribution in [2.24, 2.45) is 0 Å². The smallest absolute Gasteiger partial charge is 0.0462 e. The Bertz CT molecular complexity index is 15.0. The van der Waals surface area contributed by atoms with Crippen molar-refractivity contribution in [2.45, 2.75) is 6.42 Å². The second-order valence-electron chi connectivity index (χ2n) is 0.846. The largest absolute Gasteiger partial charge is 0.385 e. The van der Waals surface area contributed by atoms with E-state index in [9.17, 15) is 0 Å². The molecule has 0 spiro atoms. The molecular formula is C4H9LaO. The maximum Gasteiger partial charge on any atom is 0.0462 e. The predicted octanol–water partition coefficient (Wildman–Crippen LogP) is 0.857. The standard InChI is InChI=1S/C4H9O.La/c1-3-4-5-2;/h1,3-4H2,2H3;. The SMILES string of the molecule is [CH2]CCOC.[La]. The first kappa shape index (κ1) is 10.2. The van der Waals surface area contributed by atoms with Gasteiger partial charge in [-0.05, 0) is 6.42 Å². The monoisotopic (exact) mass is 212 g/mol. The van der Waals surface area contributed by atoms with Gasteiger partial charge in [0.25, 0.3) is 0 Å². The van der Waals surface area contributed by atoms with Crippen LogP contribution in [0.5, 0.6) is 0 Å². The summed E-state index contributed by atoms with van der Waals surface area (Å²) in [6.07, 6.45) is 0.872. The zero-order valence-electron chi connectivity index (χ0n) is 4.11. The van der Waals surface area contributed by atoms with Gasteiger partial charge in [-0.2, -0.15) is 0 Å². The first-order valence-corrected chi connectivity index (χ1v) is 1.70. The zero-order valence-corrected chi connectivity index (χ0v) is 7.73. The molecule has 2 radical (unpaired) electrons. The fourth-order valence-electron chi connectivity index (χ4n) is 0.144. The molecule has 0 aromatic heterocycles. The molecule has 0 amide bonds. The third kappa shape index (κ3) is 8.94. The van der Waals surface area contributed by atoms with E-state index in [1.54, 1.807) is 7.11 Å². The topological polar surface area (TPSA) is 9.23 Å². The Labute approximate surface area is 67.1 Å². The second kappa shape index (κ2) is 9.47. The minimum absolute atomic E-state index is 0. The maximum atomic E-state index is 4.63. The van der Waals surface area contributed by atoms with Crippen LogP contribution in [0.1, 0.15) is 6.42 Å². The van der Waals surface area contributed by atoms with Gasteiger partial charge < -0.3 is 4.74 Å². The Morgan fingerprint density at radius 3 is 2.17 bits per heavy atom. The van der Waals surface area contributed by atoms with Gasteiger partial charge in [0.1, 0.15) is 0 Å². The average Bonchev–Trinajstić information content (AvgIpc) is 1.41. The Kier molecular flexibility index (Phi) is 16.1. The van der Waals surface area contributed by atoms with Crippen LogP contribution in [0, 0.1) is 42.5 Å². The summed E-state index contributed by atoms with van der Waals surface area (Å²) in [6, 6.07) is 0. The minimum Gasteiger partial charge on any atom is -0.385 e. The maximum absolute atomic E-state index is 4.63. The summed E-state index contributed by atoms with van der Waals surface area (Å²) in [5, 5.41) is 0. The van der Waals surface area contributed by atoms with E-state index in [4.69, 9.17) is 0 Å². The van der Waals surface area contributed by atoms with Gasteiger partial charge in [0, 0.05) is 49.3 Å². The summed E-state index contributed by atoms with van der Waals surface area (Å²) in [5.41, 5.74) is 0. The summed E-state index contributed by atoms with van der Waals surface area (Å²) in [6.45, 7) is 4.33. The number of ether oxygens (including phenoxy) is 1. The molecule has 0 bridgehead atoms. The van der Waals surface area contributed by atoms with Crippen molar-refractivity contribution in [3.63, 3.8) is 0 Å². The Hall–Kier alpha value is 1.15. The molecule has 34 valence electrons. The van der Waals surface area contributed by atoms with Crippen LogP contribution in [-0.4, -0.2) is 13.7 Å². The van der Waals surface area contributed by atoms with Crippen molar-refractivity contribution in [1.29, 1.82) is 0 Å². The summed E-state index contributed by atoms with van der Waals surface area (Å²) in [4.78, 5) is 0. The fraction of sp³-hybridized carbons (Fsp3) is 0.750. The quantitative estimate of drug-likeness (QED) is 0.659. The Morgan fingerprint density at radius 1 is 1.67 bits per heavy atom. The van der Waals surface area contributed by atoms with Gasteiger partial charge in [-0.1, -0.05) is 6.92 Å². The summed E-state index contributed by atoms with van der Waals surface area (Å²) in [7, 11) is 1.67. The van der Waals surface area contributed by atoms with E-state index in [1.807, 2.05) is 0 Å². The van der Waals surface area contributed by atoms with E-state index in [2.05, 4.69) is 11.7 Å². The summed E-state index contributed by atoms with van der Waals surface area (Å²) < 4.78 is 4.63. The van der Waals surface area contributed by atoms with Crippen LogP contribution in [0.15, 0.2) is 0 Å². The first-order chi connectivity index (χ1) is 2.41. The van der Waals surface area contributed by atoms with Crippen LogP contribution < -0.4 is 0 Å². The number of rotatable bonds is 2. The van der Waals surface area contributed by atoms with Gasteiger partial charge >= 0.3 is 0 Å². The van der Waals surface area contributed by atoms with Crippen LogP contribution in [0.25, 0.3) is 0 Å². The van der Waals surface area contributed by atoms with Crippen molar-refractivity contribution < 1.29 is 40.3 Å². The summed E-state index contributed by atoms with van der Waals surface area (Å²) >= 11 is 0. The van der Waals surface area contributed by atoms with Crippen LogP contribution >= 0.6 is 0 Å². The van der Waals surface area contributed by atoms with E-state index in [1.165, 1.54) is 0 Å². The Balaban J connectivity index is 0. The van der Waals surface area contributed by atoms with E-state index < -0.39 is 0 Å². The number of hydrogen-bond acceptors (Lipinski definition) is 1. The molecule has 0 saturated heterocycles. The molecule has 0 atom stereocenters. The molecule has 0 N–H and O–H groups in total. The van der Waals surface area contributed by atoms with Crippen molar-refractivity contribution in [2.75, 3.05) is 13.7 Å². The van der Waals surface area contributed by atoms with Gasteiger partial charge in [-0.15, -0.1) is 0 Å². The van der Waals surface area contributed by atoms with Gasteiger partial charge in [0.2, 0.25) is 0 Å². The minimum atomic E-state index is 0. The van der Waals surface area contributed by atoms with Gasteiger partial charge in [0.15, 0.2) is 0 Å². The van der Waals surface area contributed by atoms with Gasteiger partial charge in [0.05, 0.1) is 0 Å². The zero-order chi connectivity index (χ0) is 4.12. The van der Waals surface area contributed by atoms with Crippen molar-refractivity contribution in [1.82, 2.24) is 0 Å². The van der Waals surface area contributed by atoms with Crippen molar-refractivity contribution in [3.8, 4) is 0 Å². The van der Waals surface area contributed by atoms with Gasteiger partial charge in [-0.3, -0.25) is 0 Å². The first-order valence-electron chi connectivity index (χ1n) is 1.70. The van der Waals surface area contributed by atoms with E-state index in [-0.39, 0.29) is 35.6 Å². The molecule has 0 aliphatic carbocycles. The third-order valence-electron chi connectivity index (χ3n) is 0.348. The van der Waals surface area contributed by atoms with Crippen LogP contribution in [-0.2, 0) is 4.74 Å². The average molecular weight is 212 g/mol. The normalized spacial score (nSPS) is 7.00. The number of methoxy groups -OCH3 is 1. The van der Waals surface area contributed by atoms with Crippen LogP contribution in [0.4, 0.5) is 0 Å². The molecule has 2 heteroatoms. The molecular weight excluding hydrogens is 203 g/mol. The van der Waals surface area contributed by atoms with E-state index in [0.29, 0.717) is 0 Å².